The Balaban J connectivity index is 1.83. The molecule has 1 heterocycles. The van der Waals surface area contributed by atoms with Crippen LogP contribution in [0.1, 0.15) is 13.8 Å². The number of para-hydroxylation sites is 1. The number of sulfonamides is 1. The van der Waals surface area contributed by atoms with Crippen LogP contribution in [0, 0.1) is 0 Å². The van der Waals surface area contributed by atoms with Gasteiger partial charge in [-0.1, -0.05) is 18.2 Å². The van der Waals surface area contributed by atoms with Gasteiger partial charge in [-0.05, 0) is 44.2 Å². The molecule has 1 N–H and O–H groups in total. The second-order valence-corrected chi connectivity index (χ2v) is 9.07. The molecule has 3 rings (SSSR count). The molecule has 2 aromatic rings. The quantitative estimate of drug-likeness (QED) is 0.669. The number of hydrogen-bond donors (Lipinski definition) is 1. The minimum atomic E-state index is -3.75. The third-order valence-electron chi connectivity index (χ3n) is 5.16. The van der Waals surface area contributed by atoms with Crippen molar-refractivity contribution in [1.82, 2.24) is 4.31 Å². The summed E-state index contributed by atoms with van der Waals surface area (Å²) in [5.74, 6) is 0.151. The van der Waals surface area contributed by atoms with Crippen molar-refractivity contribution in [3.63, 3.8) is 0 Å². The molecular formula is C22H29N3O5S. The molecule has 9 heteroatoms. The van der Waals surface area contributed by atoms with Gasteiger partial charge >= 0.3 is 0 Å². The molecule has 2 aromatic carbocycles. The average Bonchev–Trinajstić information content (AvgIpc) is 2.80. The summed E-state index contributed by atoms with van der Waals surface area (Å²) >= 11 is 0. The number of rotatable bonds is 8. The highest BCUT2D eigenvalue weighted by molar-refractivity contribution is 7.89. The van der Waals surface area contributed by atoms with E-state index in [1.807, 2.05) is 37.3 Å². The van der Waals surface area contributed by atoms with Crippen molar-refractivity contribution < 1.29 is 22.7 Å². The van der Waals surface area contributed by atoms with Crippen LogP contribution in [-0.2, 0) is 19.6 Å². The van der Waals surface area contributed by atoms with Crippen molar-refractivity contribution in [1.29, 1.82) is 0 Å². The summed E-state index contributed by atoms with van der Waals surface area (Å²) in [6.45, 7) is 5.50. The lowest BCUT2D eigenvalue weighted by atomic mass is 10.2. The third-order valence-corrected chi connectivity index (χ3v) is 7.08. The zero-order valence-corrected chi connectivity index (χ0v) is 18.9. The minimum absolute atomic E-state index is 0.0666. The lowest BCUT2D eigenvalue weighted by Crippen LogP contribution is -2.41. The molecule has 31 heavy (non-hydrogen) atoms. The van der Waals surface area contributed by atoms with Crippen LogP contribution in [-0.4, -0.2) is 64.6 Å². The molecule has 1 aliphatic heterocycles. The van der Waals surface area contributed by atoms with Crippen molar-refractivity contribution >= 4 is 27.3 Å². The normalized spacial score (nSPS) is 15.8. The number of benzene rings is 2. The molecule has 168 valence electrons. The number of ether oxygens (including phenoxy) is 2. The van der Waals surface area contributed by atoms with Crippen molar-refractivity contribution in [2.75, 3.05) is 50.2 Å². The summed E-state index contributed by atoms with van der Waals surface area (Å²) < 4.78 is 38.3. The molecule has 1 atom stereocenters. The van der Waals surface area contributed by atoms with E-state index in [1.165, 1.54) is 17.5 Å². The maximum atomic E-state index is 13.2. The SMILES string of the molecule is CCN(C(=O)[C@H](C)Nc1ccc(OC)c(S(=O)(=O)N2CCOCC2)c1)c1ccccc1. The minimum Gasteiger partial charge on any atom is -0.495 e. The van der Waals surface area contributed by atoms with E-state index in [9.17, 15) is 13.2 Å². The zero-order valence-electron chi connectivity index (χ0n) is 18.1. The standard InChI is InChI=1S/C22H29N3O5S/c1-4-25(19-8-6-5-7-9-19)22(26)17(2)23-18-10-11-20(29-3)21(16-18)31(27,28)24-12-14-30-15-13-24/h5-11,16-17,23H,4,12-15H2,1-3H3/t17-/m0/s1. The smallest absolute Gasteiger partial charge is 0.249 e. The van der Waals surface area contributed by atoms with Crippen LogP contribution in [0.2, 0.25) is 0 Å². The highest BCUT2D eigenvalue weighted by atomic mass is 32.2. The van der Waals surface area contributed by atoms with Crippen LogP contribution in [0.25, 0.3) is 0 Å². The Morgan fingerprint density at radius 2 is 1.87 bits per heavy atom. The van der Waals surface area contributed by atoms with Gasteiger partial charge in [0.15, 0.2) is 0 Å². The predicted molar refractivity (Wildman–Crippen MR) is 120 cm³/mol. The van der Waals surface area contributed by atoms with Crippen LogP contribution < -0.4 is 15.0 Å². The van der Waals surface area contributed by atoms with Crippen molar-refractivity contribution in [2.45, 2.75) is 24.8 Å². The van der Waals surface area contributed by atoms with Gasteiger partial charge in [0.1, 0.15) is 16.7 Å². The molecule has 0 aromatic heterocycles. The number of likely N-dealkylation sites (N-methyl/N-ethyl adjacent to an activating group) is 1. The van der Waals surface area contributed by atoms with E-state index >= 15 is 0 Å². The van der Waals surface area contributed by atoms with Gasteiger partial charge in [0, 0.05) is 31.0 Å². The maximum absolute atomic E-state index is 13.2. The third kappa shape index (κ3) is 5.17. The predicted octanol–water partition coefficient (Wildman–Crippen LogP) is 2.57. The highest BCUT2D eigenvalue weighted by Crippen LogP contribution is 2.30. The van der Waals surface area contributed by atoms with E-state index in [-0.39, 0.29) is 16.6 Å². The molecule has 0 saturated carbocycles. The van der Waals surface area contributed by atoms with Gasteiger partial charge in [-0.15, -0.1) is 0 Å². The second kappa shape index (κ2) is 10.1. The lowest BCUT2D eigenvalue weighted by Gasteiger charge is -2.27. The van der Waals surface area contributed by atoms with Gasteiger partial charge in [0.2, 0.25) is 15.9 Å². The van der Waals surface area contributed by atoms with Gasteiger partial charge in [-0.2, -0.15) is 4.31 Å². The monoisotopic (exact) mass is 447 g/mol. The molecule has 8 nitrogen and oxygen atoms in total. The van der Waals surface area contributed by atoms with E-state index in [0.29, 0.717) is 38.5 Å². The first-order chi connectivity index (χ1) is 14.9. The van der Waals surface area contributed by atoms with Crippen LogP contribution in [0.4, 0.5) is 11.4 Å². The molecule has 1 amide bonds. The first kappa shape index (κ1) is 23.1. The van der Waals surface area contributed by atoms with Gasteiger partial charge in [0.25, 0.3) is 0 Å². The van der Waals surface area contributed by atoms with Crippen LogP contribution in [0.15, 0.2) is 53.4 Å². The zero-order chi connectivity index (χ0) is 22.4. The van der Waals surface area contributed by atoms with Gasteiger partial charge in [-0.25, -0.2) is 8.42 Å². The highest BCUT2D eigenvalue weighted by Gasteiger charge is 2.30. The largest absolute Gasteiger partial charge is 0.495 e. The topological polar surface area (TPSA) is 88.2 Å². The number of nitrogens with one attached hydrogen (secondary N) is 1. The Hall–Kier alpha value is -2.62. The van der Waals surface area contributed by atoms with E-state index < -0.39 is 16.1 Å². The maximum Gasteiger partial charge on any atom is 0.249 e. The molecule has 1 saturated heterocycles. The van der Waals surface area contributed by atoms with E-state index in [0.717, 1.165) is 5.69 Å². The van der Waals surface area contributed by atoms with E-state index in [1.54, 1.807) is 24.0 Å². The van der Waals surface area contributed by atoms with Crippen LogP contribution in [0.5, 0.6) is 5.75 Å². The van der Waals surface area contributed by atoms with E-state index in [4.69, 9.17) is 9.47 Å². The molecule has 0 aliphatic carbocycles. The molecule has 0 spiro atoms. The number of amides is 1. The average molecular weight is 448 g/mol. The summed E-state index contributed by atoms with van der Waals surface area (Å²) in [6, 6.07) is 13.7. The summed E-state index contributed by atoms with van der Waals surface area (Å²) in [4.78, 5) is 14.8. The number of anilines is 2. The number of carbonyl (C=O) groups is 1. The Morgan fingerprint density at radius 3 is 2.48 bits per heavy atom. The Bertz CT molecular complexity index is 991. The summed E-state index contributed by atoms with van der Waals surface area (Å²) in [5.41, 5.74) is 1.34. The first-order valence-electron chi connectivity index (χ1n) is 10.3. The lowest BCUT2D eigenvalue weighted by molar-refractivity contribution is -0.119. The number of methoxy groups -OCH3 is 1. The number of morpholine rings is 1. The van der Waals surface area contributed by atoms with E-state index in [2.05, 4.69) is 5.32 Å². The first-order valence-corrected chi connectivity index (χ1v) is 11.7. The number of nitrogens with zero attached hydrogens (tertiary/aromatic N) is 2. The molecule has 0 radical (unpaired) electrons. The van der Waals surface area contributed by atoms with Crippen molar-refractivity contribution in [3.8, 4) is 5.75 Å². The molecule has 0 unspecified atom stereocenters. The molecule has 1 aliphatic rings. The van der Waals surface area contributed by atoms with Crippen molar-refractivity contribution in [2.24, 2.45) is 0 Å². The van der Waals surface area contributed by atoms with Gasteiger partial charge in [-0.3, -0.25) is 4.79 Å². The fourth-order valence-corrected chi connectivity index (χ4v) is 5.10. The fraction of sp³-hybridized carbons (Fsp3) is 0.409. The second-order valence-electron chi connectivity index (χ2n) is 7.17. The molecule has 0 bridgehead atoms. The van der Waals surface area contributed by atoms with Crippen molar-refractivity contribution in [3.05, 3.63) is 48.5 Å². The number of hydrogen-bond acceptors (Lipinski definition) is 6. The van der Waals surface area contributed by atoms with Gasteiger partial charge in [0.05, 0.1) is 20.3 Å². The van der Waals surface area contributed by atoms with Crippen LogP contribution in [0.3, 0.4) is 0 Å². The van der Waals surface area contributed by atoms with Gasteiger partial charge < -0.3 is 19.7 Å². The Morgan fingerprint density at radius 1 is 1.19 bits per heavy atom. The summed E-state index contributed by atoms with van der Waals surface area (Å²) in [6.07, 6.45) is 0. The van der Waals surface area contributed by atoms with Crippen LogP contribution >= 0.6 is 0 Å². The molecular weight excluding hydrogens is 418 g/mol. The summed E-state index contributed by atoms with van der Waals surface area (Å²) in [5, 5.41) is 3.14. The summed E-state index contributed by atoms with van der Waals surface area (Å²) in [7, 11) is -2.32. The Kier molecular flexibility index (Phi) is 7.53. The fourth-order valence-electron chi connectivity index (χ4n) is 3.51. The number of carbonyl (C=O) groups excluding carboxylic acids is 1. The molecule has 1 fully saturated rings. The Labute approximate surface area is 183 Å².